The number of hydrogen-bond acceptors (Lipinski definition) is 5. The van der Waals surface area contributed by atoms with Gasteiger partial charge in [0.2, 0.25) is 5.88 Å². The maximum Gasteiger partial charge on any atom is 0.228 e. The van der Waals surface area contributed by atoms with Crippen LogP contribution >= 0.6 is 0 Å². The van der Waals surface area contributed by atoms with E-state index in [1.807, 2.05) is 48.5 Å². The van der Waals surface area contributed by atoms with Crippen LogP contribution in [0, 0.1) is 5.41 Å². The Morgan fingerprint density at radius 2 is 1.72 bits per heavy atom. The van der Waals surface area contributed by atoms with E-state index < -0.39 is 0 Å². The number of fused-ring (bicyclic) bond motifs is 3. The number of hydrogen-bond donors (Lipinski definition) is 0. The number of Topliss-reactive ketones (excluding diaryl/α,β-unsaturated/α-hetero) is 1. The monoisotopic (exact) mass is 422 g/mol. The van der Waals surface area contributed by atoms with Gasteiger partial charge in [0.1, 0.15) is 12.1 Å². The normalized spacial score (nSPS) is 19.4. The van der Waals surface area contributed by atoms with Crippen molar-refractivity contribution < 1.29 is 9.53 Å². The van der Waals surface area contributed by atoms with E-state index >= 15 is 0 Å². The van der Waals surface area contributed by atoms with Gasteiger partial charge in [-0.3, -0.25) is 4.79 Å². The molecule has 6 nitrogen and oxygen atoms in total. The Morgan fingerprint density at radius 3 is 2.47 bits per heavy atom. The van der Waals surface area contributed by atoms with Crippen molar-refractivity contribution in [3.8, 4) is 17.3 Å². The summed E-state index contributed by atoms with van der Waals surface area (Å²) in [6, 6.07) is 19.9. The minimum atomic E-state index is -0.289. The Bertz CT molecular complexity index is 1390. The summed E-state index contributed by atoms with van der Waals surface area (Å²) in [5.41, 5.74) is 3.98. The van der Waals surface area contributed by atoms with E-state index in [2.05, 4.69) is 36.1 Å². The van der Waals surface area contributed by atoms with E-state index in [1.54, 1.807) is 10.8 Å². The Labute approximate surface area is 185 Å². The predicted octanol–water partition coefficient (Wildman–Crippen LogP) is 4.96. The lowest BCUT2D eigenvalue weighted by Crippen LogP contribution is -2.33. The zero-order chi connectivity index (χ0) is 21.9. The molecule has 0 N–H and O–H groups in total. The van der Waals surface area contributed by atoms with Crippen LogP contribution in [0.5, 0.6) is 5.88 Å². The summed E-state index contributed by atoms with van der Waals surface area (Å²) in [7, 11) is 0. The van der Waals surface area contributed by atoms with Crippen LogP contribution in [-0.2, 0) is 4.79 Å². The molecule has 2 aliphatic rings. The van der Waals surface area contributed by atoms with Gasteiger partial charge in [-0.15, -0.1) is 5.10 Å². The molecule has 1 aliphatic heterocycles. The van der Waals surface area contributed by atoms with Gasteiger partial charge in [-0.25, -0.2) is 14.5 Å². The second-order valence-corrected chi connectivity index (χ2v) is 9.26. The Morgan fingerprint density at radius 1 is 1.00 bits per heavy atom. The van der Waals surface area contributed by atoms with Crippen LogP contribution in [0.2, 0.25) is 0 Å². The number of ether oxygens (including phenoxy) is 1. The molecule has 0 radical (unpaired) electrons. The highest BCUT2D eigenvalue weighted by atomic mass is 16.5. The molecule has 1 atom stereocenters. The molecule has 2 aromatic carbocycles. The summed E-state index contributed by atoms with van der Waals surface area (Å²) < 4.78 is 7.97. The van der Waals surface area contributed by atoms with E-state index in [4.69, 9.17) is 9.72 Å². The average Bonchev–Trinajstić information content (AvgIpc) is 3.23. The molecule has 0 spiro atoms. The lowest BCUT2D eigenvalue weighted by molar-refractivity contribution is -0.118. The highest BCUT2D eigenvalue weighted by Crippen LogP contribution is 2.50. The van der Waals surface area contributed by atoms with Crippen LogP contribution in [0.25, 0.3) is 17.0 Å². The van der Waals surface area contributed by atoms with Gasteiger partial charge in [-0.05, 0) is 11.0 Å². The van der Waals surface area contributed by atoms with Gasteiger partial charge in [-0.2, -0.15) is 0 Å². The fraction of sp³-hybridized carbons (Fsp3) is 0.231. The Hall–Kier alpha value is -3.80. The molecule has 4 aromatic rings. The van der Waals surface area contributed by atoms with Gasteiger partial charge in [-0.1, -0.05) is 74.5 Å². The van der Waals surface area contributed by atoms with Gasteiger partial charge in [0.15, 0.2) is 17.3 Å². The highest BCUT2D eigenvalue weighted by molar-refractivity contribution is 6.00. The van der Waals surface area contributed by atoms with Crippen LogP contribution in [0.15, 0.2) is 78.3 Å². The van der Waals surface area contributed by atoms with Crippen LogP contribution in [0.1, 0.15) is 43.7 Å². The van der Waals surface area contributed by atoms with Crippen molar-refractivity contribution in [2.75, 3.05) is 0 Å². The lowest BCUT2D eigenvalue weighted by Gasteiger charge is -2.37. The fourth-order valence-corrected chi connectivity index (χ4v) is 4.83. The molecule has 0 saturated carbocycles. The van der Waals surface area contributed by atoms with Gasteiger partial charge in [0.25, 0.3) is 0 Å². The van der Waals surface area contributed by atoms with Gasteiger partial charge >= 0.3 is 0 Å². The molecule has 1 aliphatic carbocycles. The van der Waals surface area contributed by atoms with Crippen molar-refractivity contribution in [1.82, 2.24) is 19.6 Å². The Kier molecular flexibility index (Phi) is 4.05. The van der Waals surface area contributed by atoms with Crippen molar-refractivity contribution >= 4 is 11.4 Å². The van der Waals surface area contributed by atoms with Crippen LogP contribution in [-0.4, -0.2) is 25.4 Å². The van der Waals surface area contributed by atoms with Crippen molar-refractivity contribution in [2.45, 2.75) is 32.6 Å². The topological polar surface area (TPSA) is 69.4 Å². The fourth-order valence-electron chi connectivity index (χ4n) is 4.83. The SMILES string of the molecule is CC1(C)CC(=O)C2=C(C1)Oc1ncn3nc(-c4ccccc4)nc3c1C2c1ccccc1. The first kappa shape index (κ1) is 18.9. The summed E-state index contributed by atoms with van der Waals surface area (Å²) in [5, 5.41) is 4.65. The van der Waals surface area contributed by atoms with Crippen LogP contribution in [0.3, 0.4) is 0 Å². The van der Waals surface area contributed by atoms with Crippen molar-refractivity contribution in [1.29, 1.82) is 0 Å². The molecular formula is C26H22N4O2. The Balaban J connectivity index is 1.61. The van der Waals surface area contributed by atoms with E-state index in [1.165, 1.54) is 0 Å². The third kappa shape index (κ3) is 2.94. The standard InChI is InChI=1S/C26H22N4O2/c1-26(2)13-18(31)21-19(14-26)32-25-22(20(21)16-9-5-3-6-10-16)24-28-23(29-30(24)15-27-25)17-11-7-4-8-12-17/h3-12,15,20H,13-14H2,1-2H3. The number of benzene rings is 2. The number of ketones is 1. The zero-order valence-electron chi connectivity index (χ0n) is 17.9. The number of aromatic nitrogens is 4. The summed E-state index contributed by atoms with van der Waals surface area (Å²) in [5.74, 6) is 1.68. The summed E-state index contributed by atoms with van der Waals surface area (Å²) in [4.78, 5) is 22.8. The van der Waals surface area contributed by atoms with Crippen LogP contribution < -0.4 is 4.74 Å². The van der Waals surface area contributed by atoms with Crippen molar-refractivity contribution in [3.05, 3.63) is 89.5 Å². The van der Waals surface area contributed by atoms with Crippen LogP contribution in [0.4, 0.5) is 0 Å². The third-order valence-electron chi connectivity index (χ3n) is 6.23. The zero-order valence-corrected chi connectivity index (χ0v) is 17.9. The number of carbonyl (C=O) groups excluding carboxylic acids is 1. The first-order valence-electron chi connectivity index (χ1n) is 10.8. The smallest absolute Gasteiger partial charge is 0.228 e. The first-order valence-corrected chi connectivity index (χ1v) is 10.8. The van der Waals surface area contributed by atoms with E-state index in [0.717, 1.165) is 28.0 Å². The predicted molar refractivity (Wildman–Crippen MR) is 120 cm³/mol. The van der Waals surface area contributed by atoms with Crippen molar-refractivity contribution in [3.63, 3.8) is 0 Å². The number of allylic oxidation sites excluding steroid dienone is 2. The maximum absolute atomic E-state index is 13.4. The van der Waals surface area contributed by atoms with E-state index in [9.17, 15) is 4.79 Å². The number of rotatable bonds is 2. The second kappa shape index (κ2) is 6.85. The lowest BCUT2D eigenvalue weighted by atomic mass is 9.70. The largest absolute Gasteiger partial charge is 0.442 e. The highest BCUT2D eigenvalue weighted by Gasteiger charge is 2.43. The molecule has 6 rings (SSSR count). The van der Waals surface area contributed by atoms with E-state index in [-0.39, 0.29) is 17.1 Å². The maximum atomic E-state index is 13.4. The van der Waals surface area contributed by atoms with Gasteiger partial charge in [0.05, 0.1) is 5.56 Å². The molecule has 3 heterocycles. The molecule has 1 unspecified atom stereocenters. The van der Waals surface area contributed by atoms with Gasteiger partial charge in [0, 0.05) is 29.9 Å². The summed E-state index contributed by atoms with van der Waals surface area (Å²) in [6.45, 7) is 4.21. The number of nitrogens with zero attached hydrogens (tertiary/aromatic N) is 4. The minimum absolute atomic E-state index is 0.126. The molecular weight excluding hydrogens is 400 g/mol. The first-order chi connectivity index (χ1) is 15.5. The molecule has 158 valence electrons. The van der Waals surface area contributed by atoms with E-state index in [0.29, 0.717) is 30.2 Å². The van der Waals surface area contributed by atoms with Crippen molar-refractivity contribution in [2.24, 2.45) is 5.41 Å². The number of carbonyl (C=O) groups is 1. The summed E-state index contributed by atoms with van der Waals surface area (Å²) in [6.07, 6.45) is 2.83. The average molecular weight is 422 g/mol. The molecule has 0 fully saturated rings. The summed E-state index contributed by atoms with van der Waals surface area (Å²) >= 11 is 0. The molecule has 32 heavy (non-hydrogen) atoms. The third-order valence-corrected chi connectivity index (χ3v) is 6.23. The molecule has 0 saturated heterocycles. The molecule has 6 heteroatoms. The minimum Gasteiger partial charge on any atom is -0.442 e. The molecule has 0 amide bonds. The quantitative estimate of drug-likeness (QED) is 0.457. The van der Waals surface area contributed by atoms with Gasteiger partial charge < -0.3 is 4.74 Å². The molecule has 0 bridgehead atoms. The molecule has 2 aromatic heterocycles. The second-order valence-electron chi connectivity index (χ2n) is 9.26.